The highest BCUT2D eigenvalue weighted by molar-refractivity contribution is 7.99. The molecule has 0 aliphatic heterocycles. The summed E-state index contributed by atoms with van der Waals surface area (Å²) in [5.41, 5.74) is 9.10. The SMILES string of the molecule is Nc1ccc(Sc2nc3ccccc3o2)c2cccnc12. The fraction of sp³-hybridized carbons (Fsp3) is 0. The van der Waals surface area contributed by atoms with Crippen LogP contribution in [-0.2, 0) is 0 Å². The average molecular weight is 293 g/mol. The molecule has 0 atom stereocenters. The van der Waals surface area contributed by atoms with E-state index in [-0.39, 0.29) is 0 Å². The lowest BCUT2D eigenvalue weighted by Crippen LogP contribution is -1.90. The van der Waals surface area contributed by atoms with Crippen molar-refractivity contribution in [3.8, 4) is 0 Å². The maximum Gasteiger partial charge on any atom is 0.261 e. The third-order valence-corrected chi connectivity index (χ3v) is 4.16. The minimum absolute atomic E-state index is 0.617. The summed E-state index contributed by atoms with van der Waals surface area (Å²) in [6.07, 6.45) is 1.74. The summed E-state index contributed by atoms with van der Waals surface area (Å²) in [6.45, 7) is 0. The van der Waals surface area contributed by atoms with Crippen LogP contribution in [0.5, 0.6) is 0 Å². The van der Waals surface area contributed by atoms with E-state index in [1.54, 1.807) is 6.20 Å². The molecule has 4 rings (SSSR count). The van der Waals surface area contributed by atoms with Crippen LogP contribution in [0.15, 0.2) is 69.3 Å². The Balaban J connectivity index is 1.82. The van der Waals surface area contributed by atoms with Gasteiger partial charge < -0.3 is 10.2 Å². The molecule has 5 heteroatoms. The predicted molar refractivity (Wildman–Crippen MR) is 84.3 cm³/mol. The Kier molecular flexibility index (Phi) is 2.79. The second kappa shape index (κ2) is 4.79. The smallest absolute Gasteiger partial charge is 0.261 e. The van der Waals surface area contributed by atoms with E-state index < -0.39 is 0 Å². The van der Waals surface area contributed by atoms with Gasteiger partial charge in [-0.25, -0.2) is 4.98 Å². The largest absolute Gasteiger partial charge is 0.431 e. The number of nitrogens with two attached hydrogens (primary N) is 1. The molecule has 0 unspecified atom stereocenters. The standard InChI is InChI=1S/C16H11N3OS/c17-11-7-8-14(10-4-3-9-18-15(10)11)21-16-19-12-5-1-2-6-13(12)20-16/h1-9H,17H2. The van der Waals surface area contributed by atoms with Crippen LogP contribution >= 0.6 is 11.8 Å². The minimum atomic E-state index is 0.617. The molecular weight excluding hydrogens is 282 g/mol. The van der Waals surface area contributed by atoms with Crippen molar-refractivity contribution in [1.29, 1.82) is 0 Å². The van der Waals surface area contributed by atoms with Crippen LogP contribution in [0.3, 0.4) is 0 Å². The molecule has 4 nitrogen and oxygen atoms in total. The van der Waals surface area contributed by atoms with Crippen molar-refractivity contribution >= 4 is 39.5 Å². The minimum Gasteiger partial charge on any atom is -0.431 e. The Morgan fingerprint density at radius 3 is 2.81 bits per heavy atom. The van der Waals surface area contributed by atoms with Gasteiger partial charge in [-0.2, -0.15) is 0 Å². The van der Waals surface area contributed by atoms with Crippen LogP contribution in [-0.4, -0.2) is 9.97 Å². The summed E-state index contributed by atoms with van der Waals surface area (Å²) >= 11 is 1.48. The van der Waals surface area contributed by atoms with Gasteiger partial charge in [0.2, 0.25) is 0 Å². The third kappa shape index (κ3) is 2.11. The van der Waals surface area contributed by atoms with Crippen molar-refractivity contribution in [1.82, 2.24) is 9.97 Å². The van der Waals surface area contributed by atoms with Gasteiger partial charge in [-0.05, 0) is 42.1 Å². The highest BCUT2D eigenvalue weighted by atomic mass is 32.2. The van der Waals surface area contributed by atoms with Gasteiger partial charge in [0.05, 0.1) is 11.2 Å². The fourth-order valence-electron chi connectivity index (χ4n) is 2.25. The van der Waals surface area contributed by atoms with Gasteiger partial charge in [-0.3, -0.25) is 4.98 Å². The van der Waals surface area contributed by atoms with E-state index in [9.17, 15) is 0 Å². The lowest BCUT2D eigenvalue weighted by Gasteiger charge is -2.05. The zero-order valence-electron chi connectivity index (χ0n) is 11.0. The molecule has 0 bridgehead atoms. The zero-order chi connectivity index (χ0) is 14.2. The lowest BCUT2D eigenvalue weighted by molar-refractivity contribution is 0.489. The molecule has 0 radical (unpaired) electrons. The molecule has 21 heavy (non-hydrogen) atoms. The van der Waals surface area contributed by atoms with E-state index in [1.165, 1.54) is 11.8 Å². The number of anilines is 1. The summed E-state index contributed by atoms with van der Waals surface area (Å²) < 4.78 is 5.75. The van der Waals surface area contributed by atoms with Crippen molar-refractivity contribution in [2.75, 3.05) is 5.73 Å². The summed E-state index contributed by atoms with van der Waals surface area (Å²) in [4.78, 5) is 9.85. The maximum atomic E-state index is 5.97. The van der Waals surface area contributed by atoms with Gasteiger partial charge in [0.1, 0.15) is 5.52 Å². The first-order valence-corrected chi connectivity index (χ1v) is 7.29. The molecular formula is C16H11N3OS. The number of rotatable bonds is 2. The average Bonchev–Trinajstić information content (AvgIpc) is 2.93. The fourth-order valence-corrected chi connectivity index (χ4v) is 3.12. The lowest BCUT2D eigenvalue weighted by atomic mass is 10.2. The monoisotopic (exact) mass is 293 g/mol. The third-order valence-electron chi connectivity index (χ3n) is 3.23. The Labute approximate surface area is 125 Å². The van der Waals surface area contributed by atoms with Gasteiger partial charge in [-0.15, -0.1) is 0 Å². The van der Waals surface area contributed by atoms with Gasteiger partial charge >= 0.3 is 0 Å². The van der Waals surface area contributed by atoms with Crippen molar-refractivity contribution in [2.24, 2.45) is 0 Å². The molecule has 2 aromatic heterocycles. The number of hydrogen-bond acceptors (Lipinski definition) is 5. The first kappa shape index (κ1) is 12.2. The summed E-state index contributed by atoms with van der Waals surface area (Å²) in [6, 6.07) is 15.5. The topological polar surface area (TPSA) is 64.9 Å². The number of para-hydroxylation sites is 2. The van der Waals surface area contributed by atoms with Crippen LogP contribution < -0.4 is 5.73 Å². The highest BCUT2D eigenvalue weighted by Gasteiger charge is 2.11. The molecule has 2 heterocycles. The number of nitrogens with zero attached hydrogens (tertiary/aromatic N) is 2. The van der Waals surface area contributed by atoms with E-state index in [0.717, 1.165) is 26.9 Å². The number of nitrogen functional groups attached to an aromatic ring is 1. The number of benzene rings is 2. The van der Waals surface area contributed by atoms with Crippen molar-refractivity contribution in [3.05, 3.63) is 54.7 Å². The van der Waals surface area contributed by atoms with Crippen LogP contribution in [0, 0.1) is 0 Å². The maximum absolute atomic E-state index is 5.97. The van der Waals surface area contributed by atoms with E-state index in [2.05, 4.69) is 9.97 Å². The quantitative estimate of drug-likeness (QED) is 0.563. The molecule has 0 aliphatic rings. The Hall–Kier alpha value is -2.53. The van der Waals surface area contributed by atoms with Crippen LogP contribution in [0.4, 0.5) is 5.69 Å². The summed E-state index contributed by atoms with van der Waals surface area (Å²) in [5, 5.41) is 1.62. The number of hydrogen-bond donors (Lipinski definition) is 1. The molecule has 102 valence electrons. The highest BCUT2D eigenvalue weighted by Crippen LogP contribution is 2.35. The van der Waals surface area contributed by atoms with Crippen molar-refractivity contribution < 1.29 is 4.42 Å². The number of aromatic nitrogens is 2. The normalized spacial score (nSPS) is 11.2. The molecule has 0 aliphatic carbocycles. The van der Waals surface area contributed by atoms with Gasteiger partial charge in [-0.1, -0.05) is 18.2 Å². The predicted octanol–water partition coefficient (Wildman–Crippen LogP) is 4.11. The molecule has 2 N–H and O–H groups in total. The first-order chi connectivity index (χ1) is 10.3. The second-order valence-corrected chi connectivity index (χ2v) is 5.60. The van der Waals surface area contributed by atoms with Crippen LogP contribution in [0.2, 0.25) is 0 Å². The molecule has 0 saturated heterocycles. The van der Waals surface area contributed by atoms with Crippen molar-refractivity contribution in [2.45, 2.75) is 10.1 Å². The molecule has 0 fully saturated rings. The first-order valence-electron chi connectivity index (χ1n) is 6.48. The Morgan fingerprint density at radius 1 is 1.00 bits per heavy atom. The van der Waals surface area contributed by atoms with Crippen LogP contribution in [0.25, 0.3) is 22.0 Å². The molecule has 4 aromatic rings. The van der Waals surface area contributed by atoms with E-state index >= 15 is 0 Å². The zero-order valence-corrected chi connectivity index (χ0v) is 11.8. The number of pyridine rings is 1. The van der Waals surface area contributed by atoms with Crippen molar-refractivity contribution in [3.63, 3.8) is 0 Å². The van der Waals surface area contributed by atoms with E-state index in [1.807, 2.05) is 48.5 Å². The number of fused-ring (bicyclic) bond motifs is 2. The second-order valence-electron chi connectivity index (χ2n) is 4.60. The Bertz CT molecular complexity index is 915. The summed E-state index contributed by atoms with van der Waals surface area (Å²) in [5.74, 6) is 0. The van der Waals surface area contributed by atoms with Gasteiger partial charge in [0.25, 0.3) is 5.22 Å². The van der Waals surface area contributed by atoms with Gasteiger partial charge in [0.15, 0.2) is 5.58 Å². The number of oxazole rings is 1. The Morgan fingerprint density at radius 2 is 1.90 bits per heavy atom. The molecule has 2 aromatic carbocycles. The molecule has 0 saturated carbocycles. The van der Waals surface area contributed by atoms with E-state index in [0.29, 0.717) is 10.9 Å². The summed E-state index contributed by atoms with van der Waals surface area (Å²) in [7, 11) is 0. The molecule has 0 amide bonds. The van der Waals surface area contributed by atoms with E-state index in [4.69, 9.17) is 10.2 Å². The van der Waals surface area contributed by atoms with Gasteiger partial charge in [0, 0.05) is 16.5 Å². The van der Waals surface area contributed by atoms with Crippen LogP contribution in [0.1, 0.15) is 0 Å². The molecule has 0 spiro atoms.